The van der Waals surface area contributed by atoms with Crippen LogP contribution in [0.1, 0.15) is 13.3 Å². The highest BCUT2D eigenvalue weighted by Gasteiger charge is 2.25. The normalized spacial score (nSPS) is 21.4. The second-order valence-corrected chi connectivity index (χ2v) is 4.41. The van der Waals surface area contributed by atoms with E-state index >= 15 is 0 Å². The molecule has 0 aromatic heterocycles. The molecule has 0 aromatic rings. The largest absolute Gasteiger partial charge is 0.213 e. The second kappa shape index (κ2) is 2.27. The minimum absolute atomic E-state index is 0.243. The van der Waals surface area contributed by atoms with Crippen LogP contribution in [0.3, 0.4) is 0 Å². The number of sulfonamides is 1. The summed E-state index contributed by atoms with van der Waals surface area (Å²) >= 11 is 0. The molecule has 0 amide bonds. The van der Waals surface area contributed by atoms with Gasteiger partial charge in [-0.05, 0) is 13.3 Å². The first-order valence-electron chi connectivity index (χ1n) is 3.14. The van der Waals surface area contributed by atoms with Crippen molar-refractivity contribution in [3.63, 3.8) is 0 Å². The maximum absolute atomic E-state index is 10.9. The van der Waals surface area contributed by atoms with Gasteiger partial charge in [-0.25, -0.2) is 12.7 Å². The molecule has 0 aromatic carbocycles. The standard InChI is InChI=1S/C5H11NO2S/c1-2-9(7,8)6-4-3-5-6/h2-5H2,1H3. The van der Waals surface area contributed by atoms with Crippen molar-refractivity contribution in [2.24, 2.45) is 0 Å². The van der Waals surface area contributed by atoms with Crippen LogP contribution >= 0.6 is 0 Å². The Kier molecular flexibility index (Phi) is 1.77. The lowest BCUT2D eigenvalue weighted by Crippen LogP contribution is -2.42. The van der Waals surface area contributed by atoms with Crippen molar-refractivity contribution in [2.75, 3.05) is 18.8 Å². The minimum atomic E-state index is -2.83. The van der Waals surface area contributed by atoms with Gasteiger partial charge in [-0.3, -0.25) is 0 Å². The number of nitrogens with zero attached hydrogens (tertiary/aromatic N) is 1. The summed E-state index contributed by atoms with van der Waals surface area (Å²) in [6.07, 6.45) is 1.03. The van der Waals surface area contributed by atoms with E-state index in [1.807, 2.05) is 0 Å². The van der Waals surface area contributed by atoms with Gasteiger partial charge < -0.3 is 0 Å². The molecule has 0 atom stereocenters. The average Bonchev–Trinajstić information content (AvgIpc) is 1.60. The lowest BCUT2D eigenvalue weighted by Gasteiger charge is -2.28. The molecule has 1 saturated heterocycles. The fraction of sp³-hybridized carbons (Fsp3) is 1.00. The molecule has 1 rings (SSSR count). The number of rotatable bonds is 2. The van der Waals surface area contributed by atoms with Gasteiger partial charge in [-0.15, -0.1) is 0 Å². The highest BCUT2D eigenvalue weighted by Crippen LogP contribution is 2.11. The summed E-state index contributed by atoms with van der Waals surface area (Å²) in [6.45, 7) is 3.14. The molecular weight excluding hydrogens is 138 g/mol. The third-order valence-electron chi connectivity index (χ3n) is 1.57. The van der Waals surface area contributed by atoms with E-state index in [1.165, 1.54) is 4.31 Å². The predicted molar refractivity (Wildman–Crippen MR) is 35.7 cm³/mol. The van der Waals surface area contributed by atoms with Gasteiger partial charge in [-0.1, -0.05) is 0 Å². The van der Waals surface area contributed by atoms with Gasteiger partial charge in [0.1, 0.15) is 0 Å². The maximum atomic E-state index is 10.9. The molecule has 1 heterocycles. The first-order valence-corrected chi connectivity index (χ1v) is 4.75. The van der Waals surface area contributed by atoms with Crippen LogP contribution in [0, 0.1) is 0 Å². The van der Waals surface area contributed by atoms with E-state index in [0.29, 0.717) is 0 Å². The van der Waals surface area contributed by atoms with Crippen molar-refractivity contribution in [3.8, 4) is 0 Å². The van der Waals surface area contributed by atoms with Crippen LogP contribution < -0.4 is 0 Å². The summed E-state index contributed by atoms with van der Waals surface area (Å²) in [5.41, 5.74) is 0. The SMILES string of the molecule is CCS(=O)(=O)N1CCC1. The van der Waals surface area contributed by atoms with Crippen molar-refractivity contribution < 1.29 is 8.42 Å². The summed E-state index contributed by atoms with van der Waals surface area (Å²) < 4.78 is 23.3. The fourth-order valence-corrected chi connectivity index (χ4v) is 1.93. The summed E-state index contributed by atoms with van der Waals surface area (Å²) in [5, 5.41) is 0. The zero-order valence-corrected chi connectivity index (χ0v) is 6.32. The summed E-state index contributed by atoms with van der Waals surface area (Å²) in [7, 11) is -2.83. The van der Waals surface area contributed by atoms with E-state index < -0.39 is 10.0 Å². The smallest absolute Gasteiger partial charge is 0.212 e. The molecule has 9 heavy (non-hydrogen) atoms. The molecule has 4 heteroatoms. The number of hydrogen-bond donors (Lipinski definition) is 0. The summed E-state index contributed by atoms with van der Waals surface area (Å²) in [4.78, 5) is 0. The monoisotopic (exact) mass is 149 g/mol. The molecule has 0 saturated carbocycles. The van der Waals surface area contributed by atoms with Crippen LogP contribution in [0.5, 0.6) is 0 Å². The van der Waals surface area contributed by atoms with Crippen LogP contribution in [-0.2, 0) is 10.0 Å². The van der Waals surface area contributed by atoms with Gasteiger partial charge in [0.05, 0.1) is 5.75 Å². The van der Waals surface area contributed by atoms with E-state index in [4.69, 9.17) is 0 Å². The van der Waals surface area contributed by atoms with Gasteiger partial charge in [0.25, 0.3) is 0 Å². The van der Waals surface area contributed by atoms with Crippen molar-refractivity contribution in [1.82, 2.24) is 4.31 Å². The third-order valence-corrected chi connectivity index (χ3v) is 3.45. The molecule has 0 spiro atoms. The van der Waals surface area contributed by atoms with E-state index in [-0.39, 0.29) is 5.75 Å². The predicted octanol–water partition coefficient (Wildman–Crippen LogP) is 0.0418. The van der Waals surface area contributed by atoms with Crippen LogP contribution in [-0.4, -0.2) is 31.6 Å². The molecule has 1 aliphatic heterocycles. The average molecular weight is 149 g/mol. The highest BCUT2D eigenvalue weighted by atomic mass is 32.2. The molecule has 1 aliphatic rings. The van der Waals surface area contributed by atoms with Crippen molar-refractivity contribution in [2.45, 2.75) is 13.3 Å². The van der Waals surface area contributed by atoms with Gasteiger partial charge in [0.15, 0.2) is 0 Å². The molecule has 0 bridgehead atoms. The molecule has 3 nitrogen and oxygen atoms in total. The Morgan fingerprint density at radius 2 is 2.00 bits per heavy atom. The van der Waals surface area contributed by atoms with Gasteiger partial charge in [-0.2, -0.15) is 0 Å². The number of hydrogen-bond acceptors (Lipinski definition) is 2. The zero-order valence-electron chi connectivity index (χ0n) is 5.50. The fourth-order valence-electron chi connectivity index (χ4n) is 0.748. The minimum Gasteiger partial charge on any atom is -0.212 e. The summed E-state index contributed by atoms with van der Waals surface area (Å²) in [5.74, 6) is 0.243. The van der Waals surface area contributed by atoms with Crippen molar-refractivity contribution in [3.05, 3.63) is 0 Å². The van der Waals surface area contributed by atoms with Crippen LogP contribution in [0.25, 0.3) is 0 Å². The Bertz CT molecular complexity index is 181. The Morgan fingerprint density at radius 1 is 1.44 bits per heavy atom. The lowest BCUT2D eigenvalue weighted by atomic mass is 10.3. The molecular formula is C5H11NO2S. The van der Waals surface area contributed by atoms with E-state index in [1.54, 1.807) is 6.92 Å². The maximum Gasteiger partial charge on any atom is 0.213 e. The van der Waals surface area contributed by atoms with E-state index in [9.17, 15) is 8.42 Å². The first kappa shape index (κ1) is 7.02. The van der Waals surface area contributed by atoms with Crippen LogP contribution in [0.15, 0.2) is 0 Å². The summed E-state index contributed by atoms with van der Waals surface area (Å²) in [6, 6.07) is 0. The molecule has 0 unspecified atom stereocenters. The van der Waals surface area contributed by atoms with Crippen LogP contribution in [0.4, 0.5) is 0 Å². The Balaban J connectivity index is 2.59. The quantitative estimate of drug-likeness (QED) is 0.556. The molecule has 1 fully saturated rings. The zero-order chi connectivity index (χ0) is 6.91. The Labute approximate surface area is 55.7 Å². The lowest BCUT2D eigenvalue weighted by molar-refractivity contribution is 0.310. The van der Waals surface area contributed by atoms with Gasteiger partial charge in [0.2, 0.25) is 10.0 Å². The van der Waals surface area contributed by atoms with E-state index in [2.05, 4.69) is 0 Å². The van der Waals surface area contributed by atoms with Crippen LogP contribution in [0.2, 0.25) is 0 Å². The highest BCUT2D eigenvalue weighted by molar-refractivity contribution is 7.89. The van der Waals surface area contributed by atoms with Gasteiger partial charge >= 0.3 is 0 Å². The Hall–Kier alpha value is -0.0900. The molecule has 54 valence electrons. The van der Waals surface area contributed by atoms with E-state index in [0.717, 1.165) is 19.5 Å². The van der Waals surface area contributed by atoms with Gasteiger partial charge in [0, 0.05) is 13.1 Å². The topological polar surface area (TPSA) is 37.4 Å². The second-order valence-electron chi connectivity index (χ2n) is 2.15. The van der Waals surface area contributed by atoms with Crippen molar-refractivity contribution in [1.29, 1.82) is 0 Å². The molecule has 0 aliphatic carbocycles. The first-order chi connectivity index (χ1) is 4.17. The Morgan fingerprint density at radius 3 is 2.11 bits per heavy atom. The molecule has 0 radical (unpaired) electrons. The molecule has 0 N–H and O–H groups in total. The van der Waals surface area contributed by atoms with Crippen molar-refractivity contribution >= 4 is 10.0 Å². The third kappa shape index (κ3) is 1.24.